The summed E-state index contributed by atoms with van der Waals surface area (Å²) in [6.45, 7) is 4.95. The van der Waals surface area contributed by atoms with E-state index < -0.39 is 6.10 Å². The van der Waals surface area contributed by atoms with Crippen LogP contribution >= 0.6 is 0 Å². The van der Waals surface area contributed by atoms with E-state index in [0.717, 1.165) is 12.0 Å². The van der Waals surface area contributed by atoms with Crippen molar-refractivity contribution in [2.24, 2.45) is 5.73 Å². The molecule has 1 fully saturated rings. The Labute approximate surface area is 124 Å². The van der Waals surface area contributed by atoms with Gasteiger partial charge in [0, 0.05) is 18.5 Å². The summed E-state index contributed by atoms with van der Waals surface area (Å²) < 4.78 is 18.5. The highest BCUT2D eigenvalue weighted by Gasteiger charge is 2.31. The molecule has 0 radical (unpaired) electrons. The number of carbonyl (C=O) groups is 1. The van der Waals surface area contributed by atoms with Gasteiger partial charge in [0.25, 0.3) is 0 Å². The Kier molecular flexibility index (Phi) is 4.96. The van der Waals surface area contributed by atoms with E-state index in [4.69, 9.17) is 10.5 Å². The lowest BCUT2D eigenvalue weighted by Crippen LogP contribution is -2.42. The average molecular weight is 294 g/mol. The van der Waals surface area contributed by atoms with Crippen molar-refractivity contribution in [3.8, 4) is 0 Å². The van der Waals surface area contributed by atoms with Gasteiger partial charge in [0.15, 0.2) is 0 Å². The van der Waals surface area contributed by atoms with Crippen LogP contribution in [0.25, 0.3) is 0 Å². The smallest absolute Gasteiger partial charge is 0.249 e. The van der Waals surface area contributed by atoms with E-state index >= 15 is 0 Å². The van der Waals surface area contributed by atoms with Crippen LogP contribution in [-0.4, -0.2) is 31.2 Å². The molecule has 21 heavy (non-hydrogen) atoms. The first-order chi connectivity index (χ1) is 9.92. The molecule has 0 bridgehead atoms. The minimum atomic E-state index is -0.400. The van der Waals surface area contributed by atoms with Crippen LogP contribution in [-0.2, 0) is 14.9 Å². The lowest BCUT2D eigenvalue weighted by molar-refractivity contribution is -0.132. The minimum absolute atomic E-state index is 0.00846. The number of benzene rings is 1. The maximum Gasteiger partial charge on any atom is 0.249 e. The number of hydrogen-bond donors (Lipinski definition) is 2. The molecule has 2 atom stereocenters. The molecule has 1 heterocycles. The average Bonchev–Trinajstić information content (AvgIpc) is 2.94. The summed E-state index contributed by atoms with van der Waals surface area (Å²) in [4.78, 5) is 12.1. The van der Waals surface area contributed by atoms with E-state index in [1.165, 1.54) is 12.1 Å². The second kappa shape index (κ2) is 6.54. The number of carbonyl (C=O) groups excluding carboxylic acids is 1. The van der Waals surface area contributed by atoms with E-state index in [0.29, 0.717) is 19.5 Å². The predicted molar refractivity (Wildman–Crippen MR) is 79.4 cm³/mol. The van der Waals surface area contributed by atoms with Crippen molar-refractivity contribution < 1.29 is 13.9 Å². The zero-order valence-corrected chi connectivity index (χ0v) is 12.6. The van der Waals surface area contributed by atoms with Crippen molar-refractivity contribution in [3.05, 3.63) is 35.6 Å². The first-order valence-corrected chi connectivity index (χ1v) is 7.31. The molecule has 1 aliphatic heterocycles. The number of halogens is 1. The molecule has 0 unspecified atom stereocenters. The topological polar surface area (TPSA) is 64.4 Å². The number of ether oxygens (including phenoxy) is 1. The summed E-state index contributed by atoms with van der Waals surface area (Å²) >= 11 is 0. The largest absolute Gasteiger partial charge is 0.364 e. The fourth-order valence-electron chi connectivity index (χ4n) is 2.50. The predicted octanol–water partition coefficient (Wildman–Crippen LogP) is 1.73. The number of amides is 1. The molecule has 0 aliphatic carbocycles. The van der Waals surface area contributed by atoms with E-state index in [1.807, 2.05) is 13.8 Å². The van der Waals surface area contributed by atoms with Gasteiger partial charge in [0.1, 0.15) is 11.9 Å². The van der Waals surface area contributed by atoms with Crippen LogP contribution in [0.1, 0.15) is 32.3 Å². The van der Waals surface area contributed by atoms with Crippen molar-refractivity contribution in [1.82, 2.24) is 5.32 Å². The van der Waals surface area contributed by atoms with Crippen molar-refractivity contribution in [2.75, 3.05) is 13.1 Å². The highest BCUT2D eigenvalue weighted by atomic mass is 19.1. The maximum atomic E-state index is 13.0. The summed E-state index contributed by atoms with van der Waals surface area (Å²) in [7, 11) is 0. The molecule has 1 aromatic carbocycles. The molecule has 1 aromatic rings. The van der Waals surface area contributed by atoms with Crippen LogP contribution in [0.4, 0.5) is 4.39 Å². The monoisotopic (exact) mass is 294 g/mol. The molecule has 1 amide bonds. The summed E-state index contributed by atoms with van der Waals surface area (Å²) in [6.07, 6.45) is 1.13. The third-order valence-electron chi connectivity index (χ3n) is 3.99. The molecule has 0 saturated carbocycles. The van der Waals surface area contributed by atoms with Crippen LogP contribution in [0.2, 0.25) is 0 Å². The Morgan fingerprint density at radius 2 is 2.05 bits per heavy atom. The lowest BCUT2D eigenvalue weighted by atomic mass is 9.84. The second-order valence-electron chi connectivity index (χ2n) is 6.17. The summed E-state index contributed by atoms with van der Waals surface area (Å²) in [5.41, 5.74) is 6.25. The molecule has 1 aliphatic rings. The Morgan fingerprint density at radius 1 is 1.38 bits per heavy atom. The van der Waals surface area contributed by atoms with Gasteiger partial charge in [0.05, 0.1) is 6.10 Å². The molecule has 0 aromatic heterocycles. The third kappa shape index (κ3) is 4.02. The van der Waals surface area contributed by atoms with E-state index in [-0.39, 0.29) is 23.2 Å². The Morgan fingerprint density at radius 3 is 2.62 bits per heavy atom. The van der Waals surface area contributed by atoms with E-state index in [2.05, 4.69) is 5.32 Å². The Hall–Kier alpha value is -1.46. The second-order valence-corrected chi connectivity index (χ2v) is 6.17. The van der Waals surface area contributed by atoms with E-state index in [9.17, 15) is 9.18 Å². The van der Waals surface area contributed by atoms with Crippen LogP contribution in [0.3, 0.4) is 0 Å². The molecule has 116 valence electrons. The molecular formula is C16H23FN2O2. The van der Waals surface area contributed by atoms with Gasteiger partial charge in [0.2, 0.25) is 5.91 Å². The first-order valence-electron chi connectivity index (χ1n) is 7.31. The van der Waals surface area contributed by atoms with Gasteiger partial charge in [-0.1, -0.05) is 26.0 Å². The molecule has 2 rings (SSSR count). The fraction of sp³-hybridized carbons (Fsp3) is 0.562. The van der Waals surface area contributed by atoms with Crippen LogP contribution in [0, 0.1) is 5.82 Å². The number of nitrogens with two attached hydrogens (primary N) is 1. The molecule has 4 nitrogen and oxygen atoms in total. The zero-order chi connectivity index (χ0) is 15.5. The van der Waals surface area contributed by atoms with Crippen molar-refractivity contribution >= 4 is 5.91 Å². The van der Waals surface area contributed by atoms with Gasteiger partial charge < -0.3 is 15.8 Å². The molecular weight excluding hydrogens is 271 g/mol. The zero-order valence-electron chi connectivity index (χ0n) is 12.6. The molecule has 0 spiro atoms. The number of hydrogen-bond acceptors (Lipinski definition) is 3. The van der Waals surface area contributed by atoms with Gasteiger partial charge in [-0.2, -0.15) is 0 Å². The standard InChI is InChI=1S/C16H23FN2O2/c1-16(2,11-3-5-12(17)6-4-11)10-19-15(20)14-8-7-13(9-18)21-14/h3-6,13-14H,7-10,18H2,1-2H3,(H,19,20)/t13-,14+/m1/s1. The normalized spacial score (nSPS) is 22.3. The quantitative estimate of drug-likeness (QED) is 0.869. The minimum Gasteiger partial charge on any atom is -0.364 e. The van der Waals surface area contributed by atoms with Crippen LogP contribution < -0.4 is 11.1 Å². The lowest BCUT2D eigenvalue weighted by Gasteiger charge is -2.26. The number of rotatable bonds is 5. The fourth-order valence-corrected chi connectivity index (χ4v) is 2.50. The Bertz CT molecular complexity index is 488. The summed E-state index contributed by atoms with van der Waals surface area (Å²) in [5, 5.41) is 2.92. The Balaban J connectivity index is 1.89. The molecule has 5 heteroatoms. The van der Waals surface area contributed by atoms with E-state index in [1.54, 1.807) is 12.1 Å². The number of nitrogens with one attached hydrogen (secondary N) is 1. The molecule has 1 saturated heterocycles. The van der Waals surface area contributed by atoms with Crippen molar-refractivity contribution in [2.45, 2.75) is 44.3 Å². The van der Waals surface area contributed by atoms with Gasteiger partial charge in [-0.05, 0) is 30.5 Å². The SMILES string of the molecule is CC(C)(CNC(=O)[C@@H]1CC[C@H](CN)O1)c1ccc(F)cc1. The van der Waals surface area contributed by atoms with Crippen molar-refractivity contribution in [3.63, 3.8) is 0 Å². The van der Waals surface area contributed by atoms with Gasteiger partial charge in [-0.25, -0.2) is 4.39 Å². The van der Waals surface area contributed by atoms with Crippen molar-refractivity contribution in [1.29, 1.82) is 0 Å². The maximum absolute atomic E-state index is 13.0. The highest BCUT2D eigenvalue weighted by Crippen LogP contribution is 2.23. The van der Waals surface area contributed by atoms with Gasteiger partial charge in [-0.3, -0.25) is 4.79 Å². The van der Waals surface area contributed by atoms with Gasteiger partial charge >= 0.3 is 0 Å². The summed E-state index contributed by atoms with van der Waals surface area (Å²) in [5.74, 6) is -0.355. The van der Waals surface area contributed by atoms with Crippen LogP contribution in [0.15, 0.2) is 24.3 Å². The summed E-state index contributed by atoms with van der Waals surface area (Å²) in [6, 6.07) is 6.37. The first kappa shape index (κ1) is 15.9. The third-order valence-corrected chi connectivity index (χ3v) is 3.99. The van der Waals surface area contributed by atoms with Crippen LogP contribution in [0.5, 0.6) is 0 Å². The van der Waals surface area contributed by atoms with Gasteiger partial charge in [-0.15, -0.1) is 0 Å². The molecule has 3 N–H and O–H groups in total. The highest BCUT2D eigenvalue weighted by molar-refractivity contribution is 5.81.